The van der Waals surface area contributed by atoms with E-state index >= 15 is 0 Å². The fourth-order valence-electron chi connectivity index (χ4n) is 2.29. The highest BCUT2D eigenvalue weighted by atomic mass is 35.5. The van der Waals surface area contributed by atoms with Gasteiger partial charge in [-0.1, -0.05) is 6.92 Å². The molecular weight excluding hydrogens is 386 g/mol. The highest BCUT2D eigenvalue weighted by Gasteiger charge is 2.39. The van der Waals surface area contributed by atoms with Crippen molar-refractivity contribution in [1.82, 2.24) is 9.62 Å². The summed E-state index contributed by atoms with van der Waals surface area (Å²) in [5.74, 6) is 0. The lowest BCUT2D eigenvalue weighted by Crippen LogP contribution is -2.44. The normalized spacial score (nSPS) is 20.7. The topological polar surface area (TPSA) is 119 Å². The summed E-state index contributed by atoms with van der Waals surface area (Å²) >= 11 is 0.693. The maximum atomic E-state index is 12.6. The molecule has 1 aromatic heterocycles. The lowest BCUT2D eigenvalue weighted by molar-refractivity contribution is 0.174. The summed E-state index contributed by atoms with van der Waals surface area (Å²) in [5, 5.41) is 8.30. The minimum atomic E-state index is -3.94. The molecule has 0 spiro atoms. The molecule has 1 aromatic rings. The van der Waals surface area contributed by atoms with E-state index in [1.165, 1.54) is 17.5 Å². The molecular formula is C11H20ClN3O5S3. The van der Waals surface area contributed by atoms with Crippen LogP contribution in [0, 0.1) is 0 Å². The van der Waals surface area contributed by atoms with Crippen molar-refractivity contribution < 1.29 is 21.6 Å². The van der Waals surface area contributed by atoms with Crippen LogP contribution in [0.1, 0.15) is 18.5 Å². The Kier molecular flexibility index (Phi) is 6.99. The van der Waals surface area contributed by atoms with Crippen LogP contribution in [0.4, 0.5) is 0 Å². The van der Waals surface area contributed by atoms with Gasteiger partial charge in [-0.15, -0.1) is 23.7 Å². The van der Waals surface area contributed by atoms with Crippen LogP contribution in [-0.2, 0) is 24.8 Å². The molecule has 134 valence electrons. The Hall–Kier alpha value is -0.270. The molecule has 12 heteroatoms. The number of hydrogen-bond donors (Lipinski definition) is 2. The van der Waals surface area contributed by atoms with Crippen LogP contribution in [0.2, 0.25) is 0 Å². The number of sulfonamides is 2. The van der Waals surface area contributed by atoms with Gasteiger partial charge in [-0.2, -0.15) is 4.31 Å². The lowest BCUT2D eigenvalue weighted by Gasteiger charge is -2.32. The van der Waals surface area contributed by atoms with Crippen molar-refractivity contribution in [3.8, 4) is 0 Å². The Morgan fingerprint density at radius 1 is 1.52 bits per heavy atom. The highest BCUT2D eigenvalue weighted by molar-refractivity contribution is 7.94. The SMILES string of the molecule is CCN[C@H]1CN(CCOC)S(=O)(=O)c2sc(S(N)(=O)=O)cc21.Cl. The van der Waals surface area contributed by atoms with Gasteiger partial charge in [0.15, 0.2) is 0 Å². The van der Waals surface area contributed by atoms with Gasteiger partial charge in [-0.05, 0) is 12.6 Å². The van der Waals surface area contributed by atoms with E-state index in [9.17, 15) is 16.8 Å². The second-order valence-corrected chi connectivity index (χ2v) is 9.79. The number of nitrogens with zero attached hydrogens (tertiary/aromatic N) is 1. The van der Waals surface area contributed by atoms with E-state index in [0.717, 1.165) is 0 Å². The number of ether oxygens (including phenoxy) is 1. The van der Waals surface area contributed by atoms with Crippen LogP contribution in [0.15, 0.2) is 14.5 Å². The number of rotatable bonds is 6. The molecule has 0 saturated carbocycles. The zero-order valence-electron chi connectivity index (χ0n) is 12.7. The van der Waals surface area contributed by atoms with Crippen LogP contribution in [0.25, 0.3) is 0 Å². The Morgan fingerprint density at radius 2 is 2.17 bits per heavy atom. The van der Waals surface area contributed by atoms with Crippen LogP contribution in [0.3, 0.4) is 0 Å². The summed E-state index contributed by atoms with van der Waals surface area (Å²) in [4.78, 5) is 0. The number of fused-ring (bicyclic) bond motifs is 1. The first-order valence-corrected chi connectivity index (χ1v) is 10.4. The zero-order chi connectivity index (χ0) is 16.5. The summed E-state index contributed by atoms with van der Waals surface area (Å²) in [5.41, 5.74) is 0.463. The van der Waals surface area contributed by atoms with Gasteiger partial charge in [0.2, 0.25) is 10.0 Å². The fraction of sp³-hybridized carbons (Fsp3) is 0.636. The number of primary sulfonamides is 1. The third kappa shape index (κ3) is 4.23. The summed E-state index contributed by atoms with van der Waals surface area (Å²) in [6.07, 6.45) is 0. The third-order valence-electron chi connectivity index (χ3n) is 3.31. The maximum Gasteiger partial charge on any atom is 0.253 e. The van der Waals surface area contributed by atoms with Crippen LogP contribution in [0.5, 0.6) is 0 Å². The Balaban J connectivity index is 0.00000264. The van der Waals surface area contributed by atoms with E-state index in [2.05, 4.69) is 5.32 Å². The maximum absolute atomic E-state index is 12.6. The van der Waals surface area contributed by atoms with Crippen LogP contribution in [-0.4, -0.2) is 54.5 Å². The second kappa shape index (κ2) is 7.74. The van der Waals surface area contributed by atoms with E-state index in [4.69, 9.17) is 9.88 Å². The van der Waals surface area contributed by atoms with Crippen molar-refractivity contribution in [2.75, 3.05) is 33.4 Å². The van der Waals surface area contributed by atoms with Gasteiger partial charge in [0.05, 0.1) is 6.61 Å². The Morgan fingerprint density at radius 3 is 2.70 bits per heavy atom. The third-order valence-corrected chi connectivity index (χ3v) is 8.28. The first kappa shape index (κ1) is 20.8. The van der Waals surface area contributed by atoms with Crippen LogP contribution >= 0.6 is 23.7 Å². The molecule has 0 amide bonds. The van der Waals surface area contributed by atoms with Crippen molar-refractivity contribution in [2.24, 2.45) is 5.14 Å². The molecule has 1 aliphatic rings. The predicted molar refractivity (Wildman–Crippen MR) is 90.0 cm³/mol. The number of methoxy groups -OCH3 is 1. The lowest BCUT2D eigenvalue weighted by atomic mass is 10.1. The number of thiophene rings is 1. The molecule has 0 unspecified atom stereocenters. The minimum absolute atomic E-state index is 0. The first-order chi connectivity index (χ1) is 10.2. The molecule has 2 rings (SSSR count). The summed E-state index contributed by atoms with van der Waals surface area (Å²) < 4.78 is 54.4. The van der Waals surface area contributed by atoms with E-state index in [0.29, 0.717) is 23.4 Å². The van der Waals surface area contributed by atoms with Crippen LogP contribution < -0.4 is 10.5 Å². The van der Waals surface area contributed by atoms with Crippen molar-refractivity contribution in [1.29, 1.82) is 0 Å². The number of likely N-dealkylation sites (N-methyl/N-ethyl adjacent to an activating group) is 1. The van der Waals surface area contributed by atoms with Gasteiger partial charge in [-0.3, -0.25) is 0 Å². The van der Waals surface area contributed by atoms with Gasteiger partial charge in [0, 0.05) is 31.8 Å². The average Bonchev–Trinajstić information content (AvgIpc) is 2.87. The van der Waals surface area contributed by atoms with E-state index in [1.807, 2.05) is 6.92 Å². The summed E-state index contributed by atoms with van der Waals surface area (Å²) in [6.45, 7) is 3.23. The number of nitrogens with one attached hydrogen (secondary N) is 1. The fourth-order valence-corrected chi connectivity index (χ4v) is 6.55. The summed E-state index contributed by atoms with van der Waals surface area (Å²) in [7, 11) is -6.18. The van der Waals surface area contributed by atoms with Gasteiger partial charge in [0.1, 0.15) is 8.42 Å². The zero-order valence-corrected chi connectivity index (χ0v) is 15.9. The minimum Gasteiger partial charge on any atom is -0.383 e. The molecule has 0 saturated heterocycles. The van der Waals surface area contributed by atoms with E-state index in [1.54, 1.807) is 0 Å². The van der Waals surface area contributed by atoms with Gasteiger partial charge >= 0.3 is 0 Å². The Labute approximate surface area is 146 Å². The van der Waals surface area contributed by atoms with Gasteiger partial charge in [-0.25, -0.2) is 22.0 Å². The summed E-state index contributed by atoms with van der Waals surface area (Å²) in [6, 6.07) is 1.08. The largest absolute Gasteiger partial charge is 0.383 e. The number of hydrogen-bond acceptors (Lipinski definition) is 7. The molecule has 3 N–H and O–H groups in total. The number of halogens is 1. The van der Waals surface area contributed by atoms with E-state index < -0.39 is 20.0 Å². The molecule has 1 aliphatic heterocycles. The van der Waals surface area contributed by atoms with E-state index in [-0.39, 0.29) is 46.6 Å². The molecule has 0 fully saturated rings. The van der Waals surface area contributed by atoms with Crippen molar-refractivity contribution in [3.63, 3.8) is 0 Å². The molecule has 8 nitrogen and oxygen atoms in total. The molecule has 23 heavy (non-hydrogen) atoms. The molecule has 0 radical (unpaired) electrons. The standard InChI is InChI=1S/C11H19N3O5S3.ClH/c1-3-13-9-7-14(4-5-19-2)22(17,18)11-8(9)6-10(20-11)21(12,15)16;/h6,9,13H,3-5,7H2,1-2H3,(H2,12,15,16);1H/t9-;/m0./s1. The smallest absolute Gasteiger partial charge is 0.253 e. The first-order valence-electron chi connectivity index (χ1n) is 6.60. The Bertz CT molecular complexity index is 747. The molecule has 2 heterocycles. The van der Waals surface area contributed by atoms with Gasteiger partial charge in [0.25, 0.3) is 10.0 Å². The van der Waals surface area contributed by atoms with Crippen molar-refractivity contribution >= 4 is 43.8 Å². The average molecular weight is 406 g/mol. The van der Waals surface area contributed by atoms with Crippen molar-refractivity contribution in [2.45, 2.75) is 21.4 Å². The monoisotopic (exact) mass is 405 g/mol. The molecule has 1 atom stereocenters. The van der Waals surface area contributed by atoms with Crippen molar-refractivity contribution in [3.05, 3.63) is 11.6 Å². The number of nitrogens with two attached hydrogens (primary N) is 1. The predicted octanol–water partition coefficient (Wildman–Crippen LogP) is 0.119. The second-order valence-electron chi connectivity index (χ2n) is 4.82. The highest BCUT2D eigenvalue weighted by Crippen LogP contribution is 2.39. The molecule has 0 bridgehead atoms. The van der Waals surface area contributed by atoms with Gasteiger partial charge < -0.3 is 10.1 Å². The molecule has 0 aromatic carbocycles. The molecule has 0 aliphatic carbocycles. The quantitative estimate of drug-likeness (QED) is 0.693.